The van der Waals surface area contributed by atoms with Crippen LogP contribution in [0.5, 0.6) is 0 Å². The third-order valence-electron chi connectivity index (χ3n) is 3.85. The van der Waals surface area contributed by atoms with Crippen LogP contribution in [-0.4, -0.2) is 25.0 Å². The van der Waals surface area contributed by atoms with E-state index in [4.69, 9.17) is 0 Å². The first kappa shape index (κ1) is 17.2. The molecule has 27 heavy (non-hydrogen) atoms. The molecular weight excluding hydrogens is 356 g/mol. The van der Waals surface area contributed by atoms with Gasteiger partial charge in [-0.1, -0.05) is 53.7 Å². The summed E-state index contributed by atoms with van der Waals surface area (Å²) in [6.45, 7) is 0.536. The molecule has 0 amide bonds. The van der Waals surface area contributed by atoms with Gasteiger partial charge >= 0.3 is 0 Å². The number of hydrogen-bond acceptors (Lipinski definition) is 6. The second kappa shape index (κ2) is 8.46. The van der Waals surface area contributed by atoms with Crippen LogP contribution < -0.4 is 5.32 Å². The predicted octanol–water partition coefficient (Wildman–Crippen LogP) is 3.96. The topological polar surface area (TPSA) is 68.5 Å². The Balaban J connectivity index is 1.35. The molecule has 0 aliphatic heterocycles. The molecule has 0 spiro atoms. The van der Waals surface area contributed by atoms with Gasteiger partial charge in [-0.15, -0.1) is 16.9 Å². The van der Waals surface area contributed by atoms with Crippen molar-refractivity contribution in [2.24, 2.45) is 0 Å². The van der Waals surface area contributed by atoms with E-state index in [1.165, 1.54) is 5.56 Å². The highest BCUT2D eigenvalue weighted by atomic mass is 32.2. The van der Waals surface area contributed by atoms with Gasteiger partial charge in [0.2, 0.25) is 0 Å². The molecule has 0 bridgehead atoms. The molecule has 0 unspecified atom stereocenters. The minimum absolute atomic E-state index is 0.536. The number of anilines is 1. The number of thioether (sulfide) groups is 1. The third-order valence-corrected chi connectivity index (χ3v) is 4.82. The Morgan fingerprint density at radius 3 is 2.52 bits per heavy atom. The van der Waals surface area contributed by atoms with Gasteiger partial charge in [0.1, 0.15) is 16.5 Å². The van der Waals surface area contributed by atoms with Crippen molar-refractivity contribution in [3.63, 3.8) is 0 Å². The van der Waals surface area contributed by atoms with Crippen molar-refractivity contribution in [2.45, 2.75) is 17.3 Å². The normalized spacial score (nSPS) is 10.7. The van der Waals surface area contributed by atoms with Crippen LogP contribution in [0.15, 0.2) is 84.3 Å². The SMILES string of the molecule is c1ccc(CSc2cncc(NCc3cn(-c4ccccc4)nn3)n2)cc1. The number of aromatic nitrogens is 5. The van der Waals surface area contributed by atoms with Crippen molar-refractivity contribution in [3.8, 4) is 5.69 Å². The van der Waals surface area contributed by atoms with E-state index < -0.39 is 0 Å². The summed E-state index contributed by atoms with van der Waals surface area (Å²) in [5.74, 6) is 1.59. The molecule has 6 nitrogen and oxygen atoms in total. The molecule has 0 aliphatic rings. The molecule has 0 aliphatic carbocycles. The van der Waals surface area contributed by atoms with Crippen molar-refractivity contribution >= 4 is 17.6 Å². The molecule has 1 N–H and O–H groups in total. The second-order valence-corrected chi connectivity index (χ2v) is 6.86. The van der Waals surface area contributed by atoms with Crippen LogP contribution in [0.4, 0.5) is 5.82 Å². The third kappa shape index (κ3) is 4.71. The van der Waals surface area contributed by atoms with Crippen molar-refractivity contribution in [3.05, 3.63) is 90.5 Å². The molecule has 0 atom stereocenters. The lowest BCUT2D eigenvalue weighted by molar-refractivity contribution is 0.798. The standard InChI is InChI=1S/C20H18N6S/c1-3-7-16(8-4-1)15-27-20-13-21-12-19(23-20)22-11-17-14-26(25-24-17)18-9-5-2-6-10-18/h1-10,12-14H,11,15H2,(H,22,23). The Kier molecular flexibility index (Phi) is 5.40. The maximum Gasteiger partial charge on any atom is 0.146 e. The molecule has 0 fully saturated rings. The van der Waals surface area contributed by atoms with E-state index >= 15 is 0 Å². The molecule has 0 saturated carbocycles. The first-order valence-electron chi connectivity index (χ1n) is 8.56. The number of nitrogens with zero attached hydrogens (tertiary/aromatic N) is 5. The fourth-order valence-electron chi connectivity index (χ4n) is 2.50. The zero-order chi connectivity index (χ0) is 18.3. The quantitative estimate of drug-likeness (QED) is 0.494. The molecule has 4 rings (SSSR count). The maximum atomic E-state index is 4.60. The van der Waals surface area contributed by atoms with E-state index in [2.05, 4.69) is 37.7 Å². The fraction of sp³-hybridized carbons (Fsp3) is 0.100. The van der Waals surface area contributed by atoms with Crippen molar-refractivity contribution in [2.75, 3.05) is 5.32 Å². The molecule has 2 aromatic heterocycles. The first-order chi connectivity index (χ1) is 13.4. The molecular formula is C20H18N6S. The Bertz CT molecular complexity index is 988. The Morgan fingerprint density at radius 2 is 1.70 bits per heavy atom. The van der Waals surface area contributed by atoms with Crippen molar-refractivity contribution in [1.29, 1.82) is 0 Å². The summed E-state index contributed by atoms with van der Waals surface area (Å²) in [6.07, 6.45) is 5.41. The van der Waals surface area contributed by atoms with E-state index in [0.717, 1.165) is 28.0 Å². The molecule has 134 valence electrons. The van der Waals surface area contributed by atoms with Crippen LogP contribution in [0.25, 0.3) is 5.69 Å². The van der Waals surface area contributed by atoms with E-state index in [1.54, 1.807) is 28.8 Å². The van der Waals surface area contributed by atoms with Gasteiger partial charge in [-0.2, -0.15) is 0 Å². The lowest BCUT2D eigenvalue weighted by Crippen LogP contribution is -2.02. The van der Waals surface area contributed by atoms with Gasteiger partial charge in [0, 0.05) is 5.75 Å². The van der Waals surface area contributed by atoms with Gasteiger partial charge in [0.15, 0.2) is 0 Å². The predicted molar refractivity (Wildman–Crippen MR) is 107 cm³/mol. The van der Waals surface area contributed by atoms with Crippen molar-refractivity contribution in [1.82, 2.24) is 25.0 Å². The molecule has 2 heterocycles. The largest absolute Gasteiger partial charge is 0.363 e. The van der Waals surface area contributed by atoms with E-state index in [0.29, 0.717) is 6.54 Å². The molecule has 0 radical (unpaired) electrons. The number of para-hydroxylation sites is 1. The van der Waals surface area contributed by atoms with Crippen LogP contribution in [0, 0.1) is 0 Å². The monoisotopic (exact) mass is 374 g/mol. The van der Waals surface area contributed by atoms with E-state index in [9.17, 15) is 0 Å². The van der Waals surface area contributed by atoms with Gasteiger partial charge in [-0.05, 0) is 17.7 Å². The summed E-state index contributed by atoms with van der Waals surface area (Å²) >= 11 is 1.67. The van der Waals surface area contributed by atoms with Gasteiger partial charge in [0.05, 0.1) is 30.8 Å². The summed E-state index contributed by atoms with van der Waals surface area (Å²) in [7, 11) is 0. The molecule has 4 aromatic rings. The summed E-state index contributed by atoms with van der Waals surface area (Å²) in [4.78, 5) is 8.88. The number of nitrogens with one attached hydrogen (secondary N) is 1. The minimum atomic E-state index is 0.536. The maximum absolute atomic E-state index is 4.60. The summed E-state index contributed by atoms with van der Waals surface area (Å²) in [5, 5.41) is 12.5. The van der Waals surface area contributed by atoms with Gasteiger partial charge in [0.25, 0.3) is 0 Å². The van der Waals surface area contributed by atoms with Crippen LogP contribution >= 0.6 is 11.8 Å². The highest BCUT2D eigenvalue weighted by Gasteiger charge is 2.04. The van der Waals surface area contributed by atoms with Crippen LogP contribution in [0.1, 0.15) is 11.3 Å². The Hall–Kier alpha value is -3.19. The van der Waals surface area contributed by atoms with Gasteiger partial charge < -0.3 is 5.32 Å². The average molecular weight is 374 g/mol. The van der Waals surface area contributed by atoms with Crippen molar-refractivity contribution < 1.29 is 0 Å². The van der Waals surface area contributed by atoms with Gasteiger partial charge in [-0.3, -0.25) is 4.98 Å². The van der Waals surface area contributed by atoms with Crippen LogP contribution in [-0.2, 0) is 12.3 Å². The summed E-state index contributed by atoms with van der Waals surface area (Å²) < 4.78 is 1.76. The van der Waals surface area contributed by atoms with E-state index in [-0.39, 0.29) is 0 Å². The fourth-order valence-corrected chi connectivity index (χ4v) is 3.31. The molecule has 7 heteroatoms. The van der Waals surface area contributed by atoms with Crippen LogP contribution in [0.3, 0.4) is 0 Å². The Morgan fingerprint density at radius 1 is 0.926 bits per heavy atom. The van der Waals surface area contributed by atoms with Gasteiger partial charge in [-0.25, -0.2) is 9.67 Å². The summed E-state index contributed by atoms with van der Waals surface area (Å²) in [6, 6.07) is 20.2. The number of rotatable bonds is 7. The minimum Gasteiger partial charge on any atom is -0.363 e. The van der Waals surface area contributed by atoms with Crippen LogP contribution in [0.2, 0.25) is 0 Å². The Labute approximate surface area is 161 Å². The zero-order valence-electron chi connectivity index (χ0n) is 14.6. The second-order valence-electron chi connectivity index (χ2n) is 5.86. The summed E-state index contributed by atoms with van der Waals surface area (Å²) in [5.41, 5.74) is 3.08. The zero-order valence-corrected chi connectivity index (χ0v) is 15.4. The highest BCUT2D eigenvalue weighted by Crippen LogP contribution is 2.21. The van der Waals surface area contributed by atoms with E-state index in [1.807, 2.05) is 54.7 Å². The highest BCUT2D eigenvalue weighted by molar-refractivity contribution is 7.98. The number of benzene rings is 2. The lowest BCUT2D eigenvalue weighted by Gasteiger charge is -2.05. The molecule has 0 saturated heterocycles. The lowest BCUT2D eigenvalue weighted by atomic mass is 10.2. The number of hydrogen-bond donors (Lipinski definition) is 1. The average Bonchev–Trinajstić information content (AvgIpc) is 3.22. The first-order valence-corrected chi connectivity index (χ1v) is 9.55. The molecule has 2 aromatic carbocycles. The smallest absolute Gasteiger partial charge is 0.146 e.